The maximum Gasteiger partial charge on any atom is 0.103 e. The smallest absolute Gasteiger partial charge is 0.103 e. The number of hydrogen-bond acceptors (Lipinski definition) is 4. The van der Waals surface area contributed by atoms with Crippen LogP contribution in [0, 0.1) is 17.2 Å². The van der Waals surface area contributed by atoms with Crippen molar-refractivity contribution in [3.05, 3.63) is 0 Å². The molecule has 1 rings (SSSR count). The number of unbranched alkanes of at least 4 members (excludes halogenated alkanes) is 1. The highest BCUT2D eigenvalue weighted by Crippen LogP contribution is 2.16. The molecular weight excluding hydrogens is 238 g/mol. The van der Waals surface area contributed by atoms with Gasteiger partial charge in [0.05, 0.1) is 6.07 Å². The van der Waals surface area contributed by atoms with Gasteiger partial charge in [-0.1, -0.05) is 0 Å². The molecule has 0 aromatic carbocycles. The summed E-state index contributed by atoms with van der Waals surface area (Å²) in [6, 6.07) is 2.34. The van der Waals surface area contributed by atoms with Gasteiger partial charge in [0.1, 0.15) is 5.54 Å². The van der Waals surface area contributed by atoms with Crippen molar-refractivity contribution in [1.29, 1.82) is 5.26 Å². The zero-order valence-electron chi connectivity index (χ0n) is 12.7. The normalized spacial score (nSPS) is 20.2. The van der Waals surface area contributed by atoms with Gasteiger partial charge >= 0.3 is 0 Å². The van der Waals surface area contributed by atoms with Crippen molar-refractivity contribution < 1.29 is 4.74 Å². The van der Waals surface area contributed by atoms with Gasteiger partial charge in [0, 0.05) is 19.8 Å². The molecule has 1 unspecified atom stereocenters. The molecule has 19 heavy (non-hydrogen) atoms. The lowest BCUT2D eigenvalue weighted by atomic mass is 9.96. The molecule has 110 valence electrons. The lowest BCUT2D eigenvalue weighted by Gasteiger charge is -2.27. The van der Waals surface area contributed by atoms with E-state index < -0.39 is 0 Å². The average Bonchev–Trinajstić information content (AvgIpc) is 2.44. The topological polar surface area (TPSA) is 48.3 Å². The Labute approximate surface area is 118 Å². The van der Waals surface area contributed by atoms with Crippen LogP contribution in [0.2, 0.25) is 0 Å². The third kappa shape index (κ3) is 6.38. The molecule has 1 atom stereocenters. The van der Waals surface area contributed by atoms with E-state index in [4.69, 9.17) is 10.00 Å². The summed E-state index contributed by atoms with van der Waals surface area (Å²) in [7, 11) is 4.07. The van der Waals surface area contributed by atoms with Gasteiger partial charge in [-0.05, 0) is 65.6 Å². The van der Waals surface area contributed by atoms with Crippen LogP contribution in [0.15, 0.2) is 0 Å². The van der Waals surface area contributed by atoms with Crippen LogP contribution in [0.25, 0.3) is 0 Å². The minimum atomic E-state index is -0.362. The fourth-order valence-electron chi connectivity index (χ4n) is 2.56. The van der Waals surface area contributed by atoms with Crippen molar-refractivity contribution in [2.24, 2.45) is 5.92 Å². The molecule has 1 fully saturated rings. The van der Waals surface area contributed by atoms with E-state index in [1.165, 1.54) is 25.8 Å². The first-order chi connectivity index (χ1) is 9.09. The van der Waals surface area contributed by atoms with Crippen LogP contribution < -0.4 is 5.32 Å². The van der Waals surface area contributed by atoms with Crippen molar-refractivity contribution in [1.82, 2.24) is 10.2 Å². The summed E-state index contributed by atoms with van der Waals surface area (Å²) >= 11 is 0. The number of nitrogens with one attached hydrogen (secondary N) is 1. The van der Waals surface area contributed by atoms with Gasteiger partial charge in [-0.2, -0.15) is 5.26 Å². The second kappa shape index (κ2) is 8.52. The van der Waals surface area contributed by atoms with Crippen molar-refractivity contribution in [2.45, 2.75) is 44.6 Å². The molecule has 4 nitrogen and oxygen atoms in total. The number of ether oxygens (including phenoxy) is 1. The van der Waals surface area contributed by atoms with Crippen LogP contribution in [0.1, 0.15) is 39.0 Å². The highest BCUT2D eigenvalue weighted by molar-refractivity contribution is 5.02. The molecular formula is C15H29N3O. The molecule has 1 aliphatic rings. The number of nitrogens with zero attached hydrogens (tertiary/aromatic N) is 2. The minimum Gasteiger partial charge on any atom is -0.381 e. The average molecular weight is 267 g/mol. The Morgan fingerprint density at radius 3 is 2.63 bits per heavy atom. The molecule has 0 amide bonds. The lowest BCUT2D eigenvalue weighted by Crippen LogP contribution is -2.38. The molecule has 0 aromatic heterocycles. The predicted octanol–water partition coefficient (Wildman–Crippen LogP) is 2.02. The molecule has 0 aliphatic carbocycles. The summed E-state index contributed by atoms with van der Waals surface area (Å²) < 4.78 is 5.39. The van der Waals surface area contributed by atoms with Gasteiger partial charge in [0.15, 0.2) is 0 Å². The van der Waals surface area contributed by atoms with Crippen LogP contribution in [0.4, 0.5) is 0 Å². The maximum absolute atomic E-state index is 9.08. The number of nitriles is 1. The molecule has 0 saturated carbocycles. The van der Waals surface area contributed by atoms with E-state index in [1.807, 2.05) is 14.0 Å². The SMILES string of the molecule is CNC(C)(C#N)CCCCN(C)CC1CCOCC1. The number of rotatable bonds is 8. The molecule has 0 bridgehead atoms. The standard InChI is InChI=1S/C15H29N3O/c1-15(13-16,17-2)8-4-5-9-18(3)12-14-6-10-19-11-7-14/h14,17H,4-12H2,1-3H3. The summed E-state index contributed by atoms with van der Waals surface area (Å²) in [4.78, 5) is 2.43. The van der Waals surface area contributed by atoms with E-state index in [9.17, 15) is 0 Å². The first-order valence-corrected chi connectivity index (χ1v) is 7.46. The van der Waals surface area contributed by atoms with Gasteiger partial charge < -0.3 is 15.0 Å². The van der Waals surface area contributed by atoms with Crippen molar-refractivity contribution >= 4 is 0 Å². The fraction of sp³-hybridized carbons (Fsp3) is 0.933. The van der Waals surface area contributed by atoms with E-state index in [0.717, 1.165) is 38.5 Å². The van der Waals surface area contributed by atoms with Crippen molar-refractivity contribution in [3.63, 3.8) is 0 Å². The van der Waals surface area contributed by atoms with E-state index >= 15 is 0 Å². The van der Waals surface area contributed by atoms with E-state index in [2.05, 4.69) is 23.3 Å². The second-order valence-corrected chi connectivity index (χ2v) is 5.97. The quantitative estimate of drug-likeness (QED) is 0.684. The minimum absolute atomic E-state index is 0.362. The van der Waals surface area contributed by atoms with Gasteiger partial charge in [-0.3, -0.25) is 0 Å². The molecule has 0 radical (unpaired) electrons. The lowest BCUT2D eigenvalue weighted by molar-refractivity contribution is 0.0555. The van der Waals surface area contributed by atoms with Gasteiger partial charge in [-0.25, -0.2) is 0 Å². The highest BCUT2D eigenvalue weighted by Gasteiger charge is 2.20. The molecule has 1 N–H and O–H groups in total. The molecule has 1 heterocycles. The Hall–Kier alpha value is -0.630. The van der Waals surface area contributed by atoms with Crippen LogP contribution in [-0.4, -0.2) is 50.8 Å². The fourth-order valence-corrected chi connectivity index (χ4v) is 2.56. The Morgan fingerprint density at radius 1 is 1.37 bits per heavy atom. The first-order valence-electron chi connectivity index (χ1n) is 7.46. The Balaban J connectivity index is 2.10. The second-order valence-electron chi connectivity index (χ2n) is 5.97. The zero-order chi connectivity index (χ0) is 14.1. The van der Waals surface area contributed by atoms with Gasteiger partial charge in [-0.15, -0.1) is 0 Å². The molecule has 1 saturated heterocycles. The monoisotopic (exact) mass is 267 g/mol. The zero-order valence-corrected chi connectivity index (χ0v) is 12.7. The van der Waals surface area contributed by atoms with Crippen LogP contribution in [0.3, 0.4) is 0 Å². The van der Waals surface area contributed by atoms with Crippen molar-refractivity contribution in [2.75, 3.05) is 40.4 Å². The van der Waals surface area contributed by atoms with Crippen LogP contribution in [0.5, 0.6) is 0 Å². The van der Waals surface area contributed by atoms with Gasteiger partial charge in [0.2, 0.25) is 0 Å². The van der Waals surface area contributed by atoms with E-state index in [0.29, 0.717) is 0 Å². The first kappa shape index (κ1) is 16.4. The Kier molecular flexibility index (Phi) is 7.37. The maximum atomic E-state index is 9.08. The summed E-state index contributed by atoms with van der Waals surface area (Å²) in [5, 5.41) is 12.2. The predicted molar refractivity (Wildman–Crippen MR) is 78.0 cm³/mol. The summed E-state index contributed by atoms with van der Waals surface area (Å²) in [6.07, 6.45) is 5.60. The summed E-state index contributed by atoms with van der Waals surface area (Å²) in [5.74, 6) is 0.806. The Morgan fingerprint density at radius 2 is 2.05 bits per heavy atom. The molecule has 0 spiro atoms. The third-order valence-electron chi connectivity index (χ3n) is 4.18. The molecule has 1 aliphatic heterocycles. The van der Waals surface area contributed by atoms with E-state index in [-0.39, 0.29) is 5.54 Å². The molecule has 4 heteroatoms. The summed E-state index contributed by atoms with van der Waals surface area (Å²) in [5.41, 5.74) is -0.362. The highest BCUT2D eigenvalue weighted by atomic mass is 16.5. The molecule has 0 aromatic rings. The van der Waals surface area contributed by atoms with Crippen molar-refractivity contribution in [3.8, 4) is 6.07 Å². The largest absolute Gasteiger partial charge is 0.381 e. The van der Waals surface area contributed by atoms with Gasteiger partial charge in [0.25, 0.3) is 0 Å². The van der Waals surface area contributed by atoms with E-state index in [1.54, 1.807) is 0 Å². The van der Waals surface area contributed by atoms with Crippen LogP contribution >= 0.6 is 0 Å². The third-order valence-corrected chi connectivity index (χ3v) is 4.18. The van der Waals surface area contributed by atoms with Crippen LogP contribution in [-0.2, 0) is 4.74 Å². The Bertz CT molecular complexity index is 284. The summed E-state index contributed by atoms with van der Waals surface area (Å²) in [6.45, 7) is 6.15. The number of hydrogen-bond donors (Lipinski definition) is 1.